The Hall–Kier alpha value is 0.217. The van der Waals surface area contributed by atoms with Crippen molar-refractivity contribution in [2.45, 2.75) is 65.2 Å². The maximum absolute atomic E-state index is 2.56. The van der Waals surface area contributed by atoms with Crippen LogP contribution in [-0.2, 0) is 0 Å². The zero-order valence-corrected chi connectivity index (χ0v) is 11.9. The van der Waals surface area contributed by atoms with Gasteiger partial charge in [-0.25, -0.2) is 0 Å². The fraction of sp³-hybridized carbons (Fsp3) is 1.00. The van der Waals surface area contributed by atoms with E-state index in [2.05, 4.69) is 40.4 Å². The first-order valence-corrected chi connectivity index (χ1v) is 9.90. The molecular formula is C13H28Si. The number of hydrogen-bond acceptors (Lipinski definition) is 0. The highest BCUT2D eigenvalue weighted by molar-refractivity contribution is 6.77. The molecule has 3 unspecified atom stereocenters. The van der Waals surface area contributed by atoms with Gasteiger partial charge in [-0.1, -0.05) is 46.8 Å². The molecule has 0 spiro atoms. The Morgan fingerprint density at radius 1 is 1.07 bits per heavy atom. The average molecular weight is 212 g/mol. The minimum absolute atomic E-state index is 0.902. The van der Waals surface area contributed by atoms with Crippen molar-refractivity contribution in [3.63, 3.8) is 0 Å². The van der Waals surface area contributed by atoms with Gasteiger partial charge in [-0.2, -0.15) is 0 Å². The van der Waals surface area contributed by atoms with Gasteiger partial charge in [-0.05, 0) is 36.1 Å². The van der Waals surface area contributed by atoms with Crippen LogP contribution in [0, 0.1) is 17.8 Å². The second kappa shape index (κ2) is 4.38. The van der Waals surface area contributed by atoms with Crippen molar-refractivity contribution < 1.29 is 0 Å². The smallest absolute Gasteiger partial charge is 0.0476 e. The normalized spacial score (nSPS) is 34.9. The maximum atomic E-state index is 2.56. The molecule has 0 aromatic rings. The van der Waals surface area contributed by atoms with Crippen molar-refractivity contribution in [2.24, 2.45) is 17.8 Å². The molecule has 1 rings (SSSR count). The average Bonchev–Trinajstić information content (AvgIpc) is 2.01. The lowest BCUT2D eigenvalue weighted by molar-refractivity contribution is 0.229. The van der Waals surface area contributed by atoms with E-state index in [1.807, 2.05) is 0 Å². The van der Waals surface area contributed by atoms with E-state index in [4.69, 9.17) is 0 Å². The summed E-state index contributed by atoms with van der Waals surface area (Å²) in [5.41, 5.74) is 1.08. The molecule has 1 fully saturated rings. The molecule has 0 aliphatic heterocycles. The van der Waals surface area contributed by atoms with E-state index >= 15 is 0 Å². The van der Waals surface area contributed by atoms with Crippen LogP contribution in [-0.4, -0.2) is 8.07 Å². The summed E-state index contributed by atoms with van der Waals surface area (Å²) in [6, 6.07) is 0. The quantitative estimate of drug-likeness (QED) is 0.578. The Labute approximate surface area is 91.5 Å². The summed E-state index contributed by atoms with van der Waals surface area (Å²) in [5.74, 6) is 2.92. The van der Waals surface area contributed by atoms with Gasteiger partial charge in [0, 0.05) is 8.07 Å². The summed E-state index contributed by atoms with van der Waals surface area (Å²) >= 11 is 0. The van der Waals surface area contributed by atoms with Crippen LogP contribution in [0.1, 0.15) is 40.0 Å². The second-order valence-corrected chi connectivity index (χ2v) is 12.3. The highest BCUT2D eigenvalue weighted by Gasteiger charge is 2.38. The standard InChI is InChI=1S/C13H28Si/c1-10(2)12-8-7-11(3)9-13(12)14(4,5)6/h10-13H,7-9H2,1-6H3. The van der Waals surface area contributed by atoms with Crippen LogP contribution < -0.4 is 0 Å². The van der Waals surface area contributed by atoms with E-state index in [-0.39, 0.29) is 0 Å². The fourth-order valence-electron chi connectivity index (χ4n) is 3.20. The van der Waals surface area contributed by atoms with Crippen molar-refractivity contribution in [3.8, 4) is 0 Å². The van der Waals surface area contributed by atoms with Crippen molar-refractivity contribution in [1.29, 1.82) is 0 Å². The Morgan fingerprint density at radius 2 is 1.64 bits per heavy atom. The summed E-state index contributed by atoms with van der Waals surface area (Å²) in [5, 5.41) is 0. The van der Waals surface area contributed by atoms with Crippen molar-refractivity contribution >= 4 is 8.07 Å². The lowest BCUT2D eigenvalue weighted by Crippen LogP contribution is -2.39. The predicted octanol–water partition coefficient (Wildman–Crippen LogP) is 4.79. The first kappa shape index (κ1) is 12.3. The molecule has 1 aliphatic carbocycles. The minimum Gasteiger partial charge on any atom is -0.0693 e. The lowest BCUT2D eigenvalue weighted by Gasteiger charge is -2.43. The Morgan fingerprint density at radius 3 is 2.07 bits per heavy atom. The summed E-state index contributed by atoms with van der Waals surface area (Å²) < 4.78 is 0. The van der Waals surface area contributed by atoms with E-state index < -0.39 is 8.07 Å². The zero-order valence-electron chi connectivity index (χ0n) is 10.9. The van der Waals surface area contributed by atoms with Gasteiger partial charge in [0.2, 0.25) is 0 Å². The molecule has 1 saturated carbocycles. The van der Waals surface area contributed by atoms with E-state index in [0.29, 0.717) is 0 Å². The fourth-order valence-corrected chi connectivity index (χ4v) is 6.14. The Kier molecular flexibility index (Phi) is 3.85. The van der Waals surface area contributed by atoms with Gasteiger partial charge in [0.05, 0.1) is 0 Å². The van der Waals surface area contributed by atoms with Crippen LogP contribution in [0.5, 0.6) is 0 Å². The van der Waals surface area contributed by atoms with Crippen LogP contribution in [0.2, 0.25) is 25.2 Å². The summed E-state index contributed by atoms with van der Waals surface area (Å²) in [4.78, 5) is 0. The molecular weight excluding hydrogens is 184 g/mol. The predicted molar refractivity (Wildman–Crippen MR) is 68.4 cm³/mol. The molecule has 0 amide bonds. The van der Waals surface area contributed by atoms with Crippen LogP contribution in [0.4, 0.5) is 0 Å². The number of rotatable bonds is 2. The molecule has 84 valence electrons. The molecule has 0 radical (unpaired) electrons. The van der Waals surface area contributed by atoms with Crippen molar-refractivity contribution in [2.75, 3.05) is 0 Å². The molecule has 3 atom stereocenters. The molecule has 1 heteroatoms. The van der Waals surface area contributed by atoms with Crippen molar-refractivity contribution in [1.82, 2.24) is 0 Å². The lowest BCUT2D eigenvalue weighted by atomic mass is 9.77. The highest BCUT2D eigenvalue weighted by Crippen LogP contribution is 2.46. The molecule has 1 aliphatic rings. The third-order valence-electron chi connectivity index (χ3n) is 4.13. The molecule has 0 saturated heterocycles. The van der Waals surface area contributed by atoms with Crippen LogP contribution in [0.25, 0.3) is 0 Å². The number of hydrogen-bond donors (Lipinski definition) is 0. The molecule has 0 aromatic carbocycles. The van der Waals surface area contributed by atoms with Gasteiger partial charge in [0.1, 0.15) is 0 Å². The summed E-state index contributed by atoms with van der Waals surface area (Å²) in [6.07, 6.45) is 4.48. The van der Waals surface area contributed by atoms with E-state index in [1.165, 1.54) is 19.3 Å². The third-order valence-corrected chi connectivity index (χ3v) is 7.02. The van der Waals surface area contributed by atoms with E-state index in [9.17, 15) is 0 Å². The third kappa shape index (κ3) is 2.85. The highest BCUT2D eigenvalue weighted by atomic mass is 28.3. The van der Waals surface area contributed by atoms with Gasteiger partial charge in [0.25, 0.3) is 0 Å². The van der Waals surface area contributed by atoms with Gasteiger partial charge >= 0.3 is 0 Å². The maximum Gasteiger partial charge on any atom is 0.0476 e. The minimum atomic E-state index is -0.924. The Bertz CT molecular complexity index is 178. The van der Waals surface area contributed by atoms with Gasteiger partial charge in [-0.3, -0.25) is 0 Å². The molecule has 14 heavy (non-hydrogen) atoms. The van der Waals surface area contributed by atoms with Gasteiger partial charge in [-0.15, -0.1) is 0 Å². The van der Waals surface area contributed by atoms with Crippen LogP contribution in [0.3, 0.4) is 0 Å². The summed E-state index contributed by atoms with van der Waals surface area (Å²) in [7, 11) is -0.924. The van der Waals surface area contributed by atoms with Crippen LogP contribution in [0.15, 0.2) is 0 Å². The van der Waals surface area contributed by atoms with Crippen LogP contribution >= 0.6 is 0 Å². The molecule has 0 nitrogen and oxygen atoms in total. The Balaban J connectivity index is 2.74. The van der Waals surface area contributed by atoms with Gasteiger partial charge < -0.3 is 0 Å². The summed E-state index contributed by atoms with van der Waals surface area (Å²) in [6.45, 7) is 15.0. The van der Waals surface area contributed by atoms with E-state index in [0.717, 1.165) is 23.3 Å². The van der Waals surface area contributed by atoms with Crippen molar-refractivity contribution in [3.05, 3.63) is 0 Å². The molecule has 0 N–H and O–H groups in total. The molecule has 0 bridgehead atoms. The SMILES string of the molecule is CC1CCC(C(C)C)C([Si](C)(C)C)C1. The monoisotopic (exact) mass is 212 g/mol. The second-order valence-electron chi connectivity index (χ2n) is 6.80. The topological polar surface area (TPSA) is 0 Å². The zero-order chi connectivity index (χ0) is 10.9. The largest absolute Gasteiger partial charge is 0.0693 e. The first-order valence-electron chi connectivity index (χ1n) is 6.32. The molecule has 0 aromatic heterocycles. The molecule has 0 heterocycles. The van der Waals surface area contributed by atoms with E-state index in [1.54, 1.807) is 0 Å². The first-order chi connectivity index (χ1) is 6.32. The van der Waals surface area contributed by atoms with Gasteiger partial charge in [0.15, 0.2) is 0 Å².